The van der Waals surface area contributed by atoms with Crippen molar-refractivity contribution in [2.45, 2.75) is 39.5 Å². The number of aromatic amines is 1. The Bertz CT molecular complexity index is 1510. The lowest BCUT2D eigenvalue weighted by atomic mass is 9.87. The van der Waals surface area contributed by atoms with Gasteiger partial charge in [-0.25, -0.2) is 9.36 Å². The van der Waals surface area contributed by atoms with Gasteiger partial charge in [0.25, 0.3) is 5.56 Å². The Labute approximate surface area is 194 Å². The fourth-order valence-electron chi connectivity index (χ4n) is 4.35. The van der Waals surface area contributed by atoms with E-state index in [9.17, 15) is 9.59 Å². The van der Waals surface area contributed by atoms with E-state index in [1.54, 1.807) is 12.1 Å². The summed E-state index contributed by atoms with van der Waals surface area (Å²) in [5.41, 5.74) is 4.07. The number of benzene rings is 3. The van der Waals surface area contributed by atoms with Gasteiger partial charge in [0.05, 0.1) is 16.9 Å². The first-order valence-corrected chi connectivity index (χ1v) is 11.1. The van der Waals surface area contributed by atoms with Gasteiger partial charge < -0.3 is 0 Å². The third-order valence-electron chi connectivity index (χ3n) is 6.17. The van der Waals surface area contributed by atoms with Crippen molar-refractivity contribution < 1.29 is 1.37 Å². The number of aromatic nitrogens is 2. The summed E-state index contributed by atoms with van der Waals surface area (Å²) in [4.78, 5) is 31.9. The molecule has 0 amide bonds. The fraction of sp³-hybridized carbons (Fsp3) is 0.214. The zero-order valence-corrected chi connectivity index (χ0v) is 19.2. The lowest BCUT2D eigenvalue weighted by Gasteiger charge is -2.33. The molecule has 1 atom stereocenters. The summed E-state index contributed by atoms with van der Waals surface area (Å²) < 4.78 is 10.1. The molecule has 0 fully saturated rings. The molecule has 2 heterocycles. The van der Waals surface area contributed by atoms with Gasteiger partial charge in [-0.1, -0.05) is 69.3 Å². The van der Waals surface area contributed by atoms with Crippen molar-refractivity contribution in [2.75, 3.05) is 4.90 Å². The first-order chi connectivity index (χ1) is 16.2. The Hall–Kier alpha value is -3.86. The van der Waals surface area contributed by atoms with Crippen LogP contribution in [0.15, 0.2) is 82.4 Å². The second-order valence-electron chi connectivity index (χ2n) is 9.45. The van der Waals surface area contributed by atoms with E-state index in [0.717, 1.165) is 27.1 Å². The van der Waals surface area contributed by atoms with Gasteiger partial charge in [0.2, 0.25) is 0 Å². The second kappa shape index (κ2) is 7.62. The van der Waals surface area contributed by atoms with Crippen LogP contribution in [0, 0.1) is 6.92 Å². The molecule has 3 aromatic carbocycles. The molecule has 4 aromatic rings. The van der Waals surface area contributed by atoms with Crippen LogP contribution in [0.5, 0.6) is 0 Å². The first kappa shape index (κ1) is 19.8. The summed E-state index contributed by atoms with van der Waals surface area (Å²) in [5, 5.41) is 0. The molecular weight excluding hydrogens is 410 g/mol. The highest BCUT2D eigenvalue weighted by Gasteiger charge is 2.29. The van der Waals surface area contributed by atoms with E-state index in [1.807, 2.05) is 60.4 Å². The summed E-state index contributed by atoms with van der Waals surface area (Å²) in [6, 6.07) is 23.0. The summed E-state index contributed by atoms with van der Waals surface area (Å²) in [7, 11) is 0. The summed E-state index contributed by atoms with van der Waals surface area (Å²) in [6.45, 7) is 8.33. The molecule has 5 rings (SSSR count). The second-order valence-corrected chi connectivity index (χ2v) is 9.45. The molecule has 0 saturated carbocycles. The zero-order valence-electron chi connectivity index (χ0n) is 20.2. The van der Waals surface area contributed by atoms with Crippen LogP contribution >= 0.6 is 0 Å². The summed E-state index contributed by atoms with van der Waals surface area (Å²) in [5.74, 6) is 0.349. The molecule has 1 unspecified atom stereocenters. The minimum atomic E-state index is -0.920. The first-order valence-electron chi connectivity index (χ1n) is 11.6. The Morgan fingerprint density at radius 3 is 2.18 bits per heavy atom. The molecule has 166 valence electrons. The zero-order chi connectivity index (χ0) is 24.2. The van der Waals surface area contributed by atoms with Crippen LogP contribution < -0.4 is 16.1 Å². The highest BCUT2D eigenvalue weighted by Crippen LogP contribution is 2.41. The topological polar surface area (TPSA) is 58.1 Å². The number of H-pyrrole nitrogens is 1. The van der Waals surface area contributed by atoms with Gasteiger partial charge in [0, 0.05) is 13.5 Å². The van der Waals surface area contributed by atoms with Gasteiger partial charge in [-0.3, -0.25) is 14.7 Å². The number of nitrogens with one attached hydrogen (secondary N) is 1. The molecule has 0 bridgehead atoms. The smallest absolute Gasteiger partial charge is 0.296 e. The third kappa shape index (κ3) is 3.50. The number of hydrogen-bond acceptors (Lipinski definition) is 3. The average molecular weight is 439 g/mol. The van der Waals surface area contributed by atoms with Crippen molar-refractivity contribution in [2.24, 2.45) is 0 Å². The number of nitrogens with zero attached hydrogens (tertiary/aromatic N) is 2. The van der Waals surface area contributed by atoms with Crippen LogP contribution in [0.25, 0.3) is 5.69 Å². The van der Waals surface area contributed by atoms with Gasteiger partial charge in [-0.2, -0.15) is 0 Å². The van der Waals surface area contributed by atoms with Crippen LogP contribution in [0.4, 0.5) is 17.2 Å². The maximum Gasteiger partial charge on any atom is 0.334 e. The van der Waals surface area contributed by atoms with E-state index in [2.05, 4.69) is 37.9 Å². The number of anilines is 3. The number of fused-ring (bicyclic) bond motifs is 2. The fourth-order valence-corrected chi connectivity index (χ4v) is 4.35. The summed E-state index contributed by atoms with van der Waals surface area (Å²) >= 11 is 0. The lowest BCUT2D eigenvalue weighted by molar-refractivity contribution is 0.590. The van der Waals surface area contributed by atoms with Gasteiger partial charge in [-0.05, 0) is 53.3 Å². The molecule has 1 aliphatic heterocycles. The van der Waals surface area contributed by atoms with E-state index >= 15 is 0 Å². The van der Waals surface area contributed by atoms with E-state index < -0.39 is 17.6 Å². The molecule has 0 aliphatic carbocycles. The summed E-state index contributed by atoms with van der Waals surface area (Å²) in [6.07, 6.45) is -0.920. The molecule has 5 heteroatoms. The highest BCUT2D eigenvalue weighted by molar-refractivity contribution is 5.81. The minimum absolute atomic E-state index is 0.00188. The van der Waals surface area contributed by atoms with Crippen molar-refractivity contribution in [3.05, 3.63) is 116 Å². The average Bonchev–Trinajstić information content (AvgIpc) is 2.80. The van der Waals surface area contributed by atoms with Crippen LogP contribution in [-0.2, 0) is 11.8 Å². The quantitative estimate of drug-likeness (QED) is 0.449. The molecule has 33 heavy (non-hydrogen) atoms. The Morgan fingerprint density at radius 1 is 0.879 bits per heavy atom. The predicted octanol–water partition coefficient (Wildman–Crippen LogP) is 5.51. The predicted molar refractivity (Wildman–Crippen MR) is 134 cm³/mol. The van der Waals surface area contributed by atoms with Crippen molar-refractivity contribution >= 4 is 17.2 Å². The standard InChI is InChI=1S/C28H27N3O2/c1-18-9-5-7-11-23(18)31-26(32)22-17-19-10-6-8-12-24(19)30(25(22)29-27(31)33)21-15-13-20(14-16-21)28(2,3)4/h5-16H,17H2,1-4H3,(H,29,33)/i17D. The molecule has 5 nitrogen and oxygen atoms in total. The van der Waals surface area contributed by atoms with Crippen LogP contribution in [0.1, 0.15) is 44.4 Å². The Morgan fingerprint density at radius 2 is 1.52 bits per heavy atom. The van der Waals surface area contributed by atoms with E-state index in [0.29, 0.717) is 11.5 Å². The maximum absolute atomic E-state index is 13.8. The molecule has 0 spiro atoms. The minimum Gasteiger partial charge on any atom is -0.296 e. The SMILES string of the molecule is [2H]C1c2ccccc2N(c2ccc(C(C)(C)C)cc2)c2[nH]c(=O)n(-c3ccccc3C)c(=O)c21. The number of aryl methyl sites for hydroxylation is 1. The number of hydrogen-bond donors (Lipinski definition) is 1. The Kier molecular flexibility index (Phi) is 4.57. The molecule has 1 aromatic heterocycles. The van der Waals surface area contributed by atoms with Crippen LogP contribution in [-0.4, -0.2) is 9.55 Å². The number of rotatable bonds is 2. The molecule has 0 radical (unpaired) electrons. The number of para-hydroxylation sites is 2. The highest BCUT2D eigenvalue weighted by atomic mass is 16.2. The monoisotopic (exact) mass is 438 g/mol. The van der Waals surface area contributed by atoms with Crippen molar-refractivity contribution in [1.29, 1.82) is 0 Å². The third-order valence-corrected chi connectivity index (χ3v) is 6.17. The van der Waals surface area contributed by atoms with Crippen molar-refractivity contribution in [3.63, 3.8) is 0 Å². The van der Waals surface area contributed by atoms with Gasteiger partial charge in [-0.15, -0.1) is 0 Å². The van der Waals surface area contributed by atoms with Gasteiger partial charge in [0.15, 0.2) is 0 Å². The molecule has 1 N–H and O–H groups in total. The lowest BCUT2D eigenvalue weighted by Crippen LogP contribution is -2.39. The largest absolute Gasteiger partial charge is 0.334 e. The van der Waals surface area contributed by atoms with Crippen molar-refractivity contribution in [1.82, 2.24) is 9.55 Å². The van der Waals surface area contributed by atoms with E-state index in [1.165, 1.54) is 5.56 Å². The van der Waals surface area contributed by atoms with E-state index in [-0.39, 0.29) is 11.0 Å². The van der Waals surface area contributed by atoms with E-state index in [4.69, 9.17) is 1.37 Å². The van der Waals surface area contributed by atoms with Gasteiger partial charge in [0.1, 0.15) is 5.82 Å². The van der Waals surface area contributed by atoms with Gasteiger partial charge >= 0.3 is 5.69 Å². The maximum atomic E-state index is 13.8. The van der Waals surface area contributed by atoms with Crippen LogP contribution in [0.2, 0.25) is 0 Å². The molecule has 1 aliphatic rings. The molecular formula is C28H27N3O2. The van der Waals surface area contributed by atoms with Crippen LogP contribution in [0.3, 0.4) is 0 Å². The molecule has 0 saturated heterocycles. The van der Waals surface area contributed by atoms with Crippen molar-refractivity contribution in [3.8, 4) is 5.69 Å². The Balaban J connectivity index is 1.78. The normalized spacial score (nSPS) is 15.6.